The van der Waals surface area contributed by atoms with E-state index < -0.39 is 11.4 Å². The Morgan fingerprint density at radius 2 is 1.90 bits per heavy atom. The van der Waals surface area contributed by atoms with Crippen molar-refractivity contribution in [2.45, 2.75) is 33.2 Å². The highest BCUT2D eigenvalue weighted by Gasteiger charge is 2.48. The van der Waals surface area contributed by atoms with Crippen LogP contribution in [0.5, 0.6) is 0 Å². The van der Waals surface area contributed by atoms with Gasteiger partial charge in [-0.25, -0.2) is 0 Å². The van der Waals surface area contributed by atoms with E-state index in [2.05, 4.69) is 58.7 Å². The first kappa shape index (κ1) is 15.8. The third-order valence-corrected chi connectivity index (χ3v) is 5.48. The number of nitrogens with zero attached hydrogens (tertiary/aromatic N) is 1. The van der Waals surface area contributed by atoms with E-state index >= 15 is 0 Å². The molecule has 0 amide bonds. The maximum absolute atomic E-state index is 11.7. The van der Waals surface area contributed by atoms with E-state index in [0.29, 0.717) is 6.54 Å². The summed E-state index contributed by atoms with van der Waals surface area (Å²) in [6.07, 6.45) is 0.745. The molecule has 0 aromatic heterocycles. The second kappa shape index (κ2) is 6.02. The molecule has 1 fully saturated rings. The van der Waals surface area contributed by atoms with Crippen LogP contribution in [0.3, 0.4) is 0 Å². The first-order valence-electron chi connectivity index (χ1n) is 7.10. The van der Waals surface area contributed by atoms with Crippen LogP contribution in [0.1, 0.15) is 38.8 Å². The fourth-order valence-corrected chi connectivity index (χ4v) is 3.40. The van der Waals surface area contributed by atoms with Crippen molar-refractivity contribution in [2.24, 2.45) is 11.3 Å². The number of benzene rings is 1. The van der Waals surface area contributed by atoms with Crippen LogP contribution in [0.25, 0.3) is 0 Å². The molecule has 1 heterocycles. The number of hydrogen-bond donors (Lipinski definition) is 1. The quantitative estimate of drug-likeness (QED) is 0.800. The summed E-state index contributed by atoms with van der Waals surface area (Å²) in [5.41, 5.74) is 0.674. The van der Waals surface area contributed by atoms with Gasteiger partial charge in [-0.15, -0.1) is 0 Å². The number of hydrogen-bond acceptors (Lipinski definition) is 2. The van der Waals surface area contributed by atoms with Gasteiger partial charge in [-0.1, -0.05) is 26.0 Å². The van der Waals surface area contributed by atoms with Crippen molar-refractivity contribution in [3.8, 4) is 0 Å². The van der Waals surface area contributed by atoms with Gasteiger partial charge in [-0.3, -0.25) is 9.69 Å². The maximum atomic E-state index is 11.7. The number of carbonyl (C=O) groups is 1. The largest absolute Gasteiger partial charge is 0.481 e. The van der Waals surface area contributed by atoms with Gasteiger partial charge >= 0.3 is 5.97 Å². The Morgan fingerprint density at radius 1 is 1.30 bits per heavy atom. The Balaban J connectivity index is 2.16. The lowest BCUT2D eigenvalue weighted by atomic mass is 9.76. The zero-order chi connectivity index (χ0) is 14.9. The van der Waals surface area contributed by atoms with E-state index in [4.69, 9.17) is 0 Å². The number of aliphatic carboxylic acids is 1. The van der Waals surface area contributed by atoms with Crippen LogP contribution in [0, 0.1) is 14.9 Å². The van der Waals surface area contributed by atoms with Crippen LogP contribution in [-0.4, -0.2) is 29.1 Å². The Bertz CT molecular complexity index is 486. The summed E-state index contributed by atoms with van der Waals surface area (Å²) in [6, 6.07) is 8.77. The normalized spacial score (nSPS) is 25.1. The molecular formula is C16H22INO2. The predicted molar refractivity (Wildman–Crippen MR) is 88.7 cm³/mol. The monoisotopic (exact) mass is 387 g/mol. The number of carboxylic acids is 1. The molecule has 3 nitrogen and oxygen atoms in total. The molecular weight excluding hydrogens is 365 g/mol. The maximum Gasteiger partial charge on any atom is 0.311 e. The second-order valence-corrected chi connectivity index (χ2v) is 7.31. The minimum absolute atomic E-state index is 0.161. The molecule has 1 aromatic carbocycles. The predicted octanol–water partition coefficient (Wildman–Crippen LogP) is 3.78. The van der Waals surface area contributed by atoms with Gasteiger partial charge in [0.15, 0.2) is 0 Å². The van der Waals surface area contributed by atoms with E-state index in [1.807, 2.05) is 13.8 Å². The van der Waals surface area contributed by atoms with E-state index in [1.165, 1.54) is 9.13 Å². The standard InChI is InChI=1S/C16H22INO2/c1-11(2)16(15(19)20)8-9-18(10-16)12(3)13-4-6-14(17)7-5-13/h4-7,11-12H,8-10H2,1-3H3,(H,19,20). The molecule has 1 aliphatic rings. The van der Waals surface area contributed by atoms with Gasteiger partial charge in [-0.2, -0.15) is 0 Å². The number of rotatable bonds is 4. The third kappa shape index (κ3) is 2.86. The topological polar surface area (TPSA) is 40.5 Å². The molecule has 0 spiro atoms. The molecule has 1 aliphatic heterocycles. The highest BCUT2D eigenvalue weighted by atomic mass is 127. The summed E-state index contributed by atoms with van der Waals surface area (Å²) in [5, 5.41) is 9.61. The smallest absolute Gasteiger partial charge is 0.311 e. The molecule has 0 aliphatic carbocycles. The lowest BCUT2D eigenvalue weighted by Gasteiger charge is -2.31. The molecule has 0 radical (unpaired) electrons. The van der Waals surface area contributed by atoms with Crippen molar-refractivity contribution in [1.29, 1.82) is 0 Å². The average Bonchev–Trinajstić information content (AvgIpc) is 2.85. The molecule has 0 bridgehead atoms. The summed E-state index contributed by atoms with van der Waals surface area (Å²) >= 11 is 2.30. The van der Waals surface area contributed by atoms with E-state index in [0.717, 1.165) is 13.0 Å². The van der Waals surface area contributed by atoms with Gasteiger partial charge in [0.2, 0.25) is 0 Å². The number of carboxylic acid groups (broad SMARTS) is 1. The SMILES string of the molecule is CC(c1ccc(I)cc1)N1CCC(C(=O)O)(C(C)C)C1. The van der Waals surface area contributed by atoms with E-state index in [9.17, 15) is 9.90 Å². The fourth-order valence-electron chi connectivity index (χ4n) is 3.04. The van der Waals surface area contributed by atoms with Crippen molar-refractivity contribution in [2.75, 3.05) is 13.1 Å². The van der Waals surface area contributed by atoms with Gasteiger partial charge in [0.1, 0.15) is 0 Å². The molecule has 20 heavy (non-hydrogen) atoms. The van der Waals surface area contributed by atoms with Gasteiger partial charge in [0, 0.05) is 16.2 Å². The van der Waals surface area contributed by atoms with Crippen LogP contribution >= 0.6 is 22.6 Å². The first-order valence-corrected chi connectivity index (χ1v) is 8.17. The van der Waals surface area contributed by atoms with Crippen LogP contribution in [-0.2, 0) is 4.79 Å². The lowest BCUT2D eigenvalue weighted by Crippen LogP contribution is -2.39. The average molecular weight is 387 g/mol. The van der Waals surface area contributed by atoms with Crippen molar-refractivity contribution in [3.63, 3.8) is 0 Å². The Morgan fingerprint density at radius 3 is 2.35 bits per heavy atom. The van der Waals surface area contributed by atoms with Crippen molar-refractivity contribution in [1.82, 2.24) is 4.90 Å². The molecule has 1 N–H and O–H groups in total. The van der Waals surface area contributed by atoms with Crippen LogP contribution in [0.4, 0.5) is 0 Å². The zero-order valence-corrected chi connectivity index (χ0v) is 14.4. The summed E-state index contributed by atoms with van der Waals surface area (Å²) in [4.78, 5) is 14.0. The number of halogens is 1. The zero-order valence-electron chi connectivity index (χ0n) is 12.3. The van der Waals surface area contributed by atoms with Gasteiger partial charge in [0.25, 0.3) is 0 Å². The number of likely N-dealkylation sites (tertiary alicyclic amines) is 1. The van der Waals surface area contributed by atoms with E-state index in [1.54, 1.807) is 0 Å². The summed E-state index contributed by atoms with van der Waals surface area (Å²) < 4.78 is 1.22. The molecule has 2 rings (SSSR count). The molecule has 4 heteroatoms. The van der Waals surface area contributed by atoms with Crippen LogP contribution in [0.2, 0.25) is 0 Å². The third-order valence-electron chi connectivity index (χ3n) is 4.76. The Labute approximate surface area is 134 Å². The van der Waals surface area contributed by atoms with Crippen molar-refractivity contribution in [3.05, 3.63) is 33.4 Å². The minimum Gasteiger partial charge on any atom is -0.481 e. The highest BCUT2D eigenvalue weighted by molar-refractivity contribution is 14.1. The summed E-state index contributed by atoms with van der Waals surface area (Å²) in [5.74, 6) is -0.487. The summed E-state index contributed by atoms with van der Waals surface area (Å²) in [7, 11) is 0. The second-order valence-electron chi connectivity index (χ2n) is 6.06. The Kier molecular flexibility index (Phi) is 4.74. The van der Waals surface area contributed by atoms with Gasteiger partial charge < -0.3 is 5.11 Å². The lowest BCUT2D eigenvalue weighted by molar-refractivity contribution is -0.151. The Hall–Kier alpha value is -0.620. The molecule has 1 aromatic rings. The van der Waals surface area contributed by atoms with Gasteiger partial charge in [0.05, 0.1) is 5.41 Å². The minimum atomic E-state index is -0.648. The van der Waals surface area contributed by atoms with E-state index in [-0.39, 0.29) is 12.0 Å². The first-order chi connectivity index (χ1) is 9.36. The van der Waals surface area contributed by atoms with Crippen LogP contribution in [0.15, 0.2) is 24.3 Å². The summed E-state index contributed by atoms with van der Waals surface area (Å²) in [6.45, 7) is 7.71. The van der Waals surface area contributed by atoms with Crippen molar-refractivity contribution >= 4 is 28.6 Å². The molecule has 2 atom stereocenters. The van der Waals surface area contributed by atoms with Crippen molar-refractivity contribution < 1.29 is 9.90 Å². The van der Waals surface area contributed by atoms with Gasteiger partial charge in [-0.05, 0) is 66.1 Å². The molecule has 110 valence electrons. The molecule has 1 saturated heterocycles. The van der Waals surface area contributed by atoms with Crippen LogP contribution < -0.4 is 0 Å². The highest BCUT2D eigenvalue weighted by Crippen LogP contribution is 2.41. The molecule has 2 unspecified atom stereocenters. The molecule has 0 saturated carbocycles. The fraction of sp³-hybridized carbons (Fsp3) is 0.562.